The molecule has 0 saturated heterocycles. The predicted molar refractivity (Wildman–Crippen MR) is 62.6 cm³/mol. The fraction of sp³-hybridized carbons (Fsp3) is 0.364. The zero-order chi connectivity index (χ0) is 12.8. The van der Waals surface area contributed by atoms with E-state index in [0.29, 0.717) is 12.3 Å². The number of hydrazone groups is 1. The molecular weight excluding hydrogens is 220 g/mol. The molecule has 17 heavy (non-hydrogen) atoms. The lowest BCUT2D eigenvalue weighted by Crippen LogP contribution is -2.18. The highest BCUT2D eigenvalue weighted by Crippen LogP contribution is 2.10. The lowest BCUT2D eigenvalue weighted by Gasteiger charge is -1.99. The maximum absolute atomic E-state index is 10.9. The smallest absolute Gasteiger partial charge is 0.427 e. The highest BCUT2D eigenvalue weighted by Gasteiger charge is 2.06. The van der Waals surface area contributed by atoms with Gasteiger partial charge in [0, 0.05) is 18.3 Å². The van der Waals surface area contributed by atoms with Gasteiger partial charge < -0.3 is 9.30 Å². The third-order valence-electron chi connectivity index (χ3n) is 2.32. The molecule has 6 heteroatoms. The van der Waals surface area contributed by atoms with Gasteiger partial charge in [-0.1, -0.05) is 0 Å². The Bertz CT molecular complexity index is 482. The van der Waals surface area contributed by atoms with Crippen molar-refractivity contribution < 1.29 is 9.53 Å². The van der Waals surface area contributed by atoms with Gasteiger partial charge in [-0.2, -0.15) is 10.4 Å². The topological polar surface area (TPSA) is 79.4 Å². The largest absolute Gasteiger partial charge is 0.449 e. The molecule has 0 saturated carbocycles. The van der Waals surface area contributed by atoms with E-state index in [1.807, 2.05) is 6.92 Å². The number of carbonyl (C=O) groups excluding carboxylic acids is 1. The molecule has 0 unspecified atom stereocenters. The Morgan fingerprint density at radius 2 is 2.47 bits per heavy atom. The quantitative estimate of drug-likeness (QED) is 0.632. The first-order valence-electron chi connectivity index (χ1n) is 5.12. The van der Waals surface area contributed by atoms with Crippen molar-refractivity contribution in [2.24, 2.45) is 12.1 Å². The summed E-state index contributed by atoms with van der Waals surface area (Å²) in [5.41, 5.74) is 4.44. The molecule has 0 aromatic carbocycles. The maximum Gasteiger partial charge on any atom is 0.427 e. The van der Waals surface area contributed by atoms with E-state index in [1.165, 1.54) is 6.21 Å². The number of rotatable bonds is 3. The van der Waals surface area contributed by atoms with E-state index >= 15 is 0 Å². The normalized spacial score (nSPS) is 10.2. The predicted octanol–water partition coefficient (Wildman–Crippen LogP) is 1.29. The van der Waals surface area contributed by atoms with Crippen LogP contribution in [0.15, 0.2) is 11.2 Å². The van der Waals surface area contributed by atoms with Crippen LogP contribution in [0, 0.1) is 18.3 Å². The summed E-state index contributed by atoms with van der Waals surface area (Å²) < 4.78 is 6.39. The molecule has 1 rings (SSSR count). The number of carbonyl (C=O) groups is 1. The van der Waals surface area contributed by atoms with E-state index in [2.05, 4.69) is 21.3 Å². The summed E-state index contributed by atoms with van der Waals surface area (Å²) in [6.45, 7) is 3.88. The molecule has 0 aliphatic carbocycles. The monoisotopic (exact) mass is 234 g/mol. The number of amides is 1. The van der Waals surface area contributed by atoms with E-state index in [4.69, 9.17) is 5.26 Å². The molecule has 90 valence electrons. The van der Waals surface area contributed by atoms with Gasteiger partial charge in [-0.15, -0.1) is 0 Å². The van der Waals surface area contributed by atoms with E-state index in [9.17, 15) is 4.79 Å². The molecule has 0 atom stereocenters. The first kappa shape index (κ1) is 12.8. The number of aromatic nitrogens is 1. The number of hydrogen-bond acceptors (Lipinski definition) is 4. The molecule has 1 N–H and O–H groups in total. The molecule has 6 nitrogen and oxygen atoms in total. The van der Waals surface area contributed by atoms with Crippen LogP contribution in [0.2, 0.25) is 0 Å². The summed E-state index contributed by atoms with van der Waals surface area (Å²) in [6, 6.07) is 3.77. The molecule has 0 bridgehead atoms. The SMILES string of the molecule is CCOC(=O)N/N=C/c1cc(C#N)n(C)c1C. The van der Waals surface area contributed by atoms with Crippen LogP contribution in [0.4, 0.5) is 4.79 Å². The van der Waals surface area contributed by atoms with Crippen LogP contribution in [0.1, 0.15) is 23.9 Å². The van der Waals surface area contributed by atoms with E-state index in [-0.39, 0.29) is 0 Å². The molecule has 1 amide bonds. The van der Waals surface area contributed by atoms with E-state index in [1.54, 1.807) is 24.6 Å². The van der Waals surface area contributed by atoms with Crippen molar-refractivity contribution in [1.29, 1.82) is 5.26 Å². The van der Waals surface area contributed by atoms with Gasteiger partial charge in [-0.25, -0.2) is 10.2 Å². The van der Waals surface area contributed by atoms with Gasteiger partial charge >= 0.3 is 6.09 Å². The van der Waals surface area contributed by atoms with Crippen molar-refractivity contribution in [3.05, 3.63) is 23.0 Å². The number of ether oxygens (including phenoxy) is 1. The number of hydrogen-bond donors (Lipinski definition) is 1. The highest BCUT2D eigenvalue weighted by molar-refractivity contribution is 5.83. The summed E-state index contributed by atoms with van der Waals surface area (Å²) in [4.78, 5) is 10.9. The first-order chi connectivity index (χ1) is 8.10. The van der Waals surface area contributed by atoms with Crippen LogP contribution in [0.5, 0.6) is 0 Å². The molecule has 0 fully saturated rings. The molecule has 0 spiro atoms. The fourth-order valence-electron chi connectivity index (χ4n) is 1.28. The van der Waals surface area contributed by atoms with Crippen LogP contribution in [0.25, 0.3) is 0 Å². The standard InChI is InChI=1S/C11H14N4O2/c1-4-17-11(16)14-13-7-9-5-10(6-12)15(3)8(9)2/h5,7H,4H2,1-3H3,(H,14,16)/b13-7+. The zero-order valence-corrected chi connectivity index (χ0v) is 10.0. The molecule has 1 aromatic heterocycles. The second kappa shape index (κ2) is 5.70. The minimum Gasteiger partial charge on any atom is -0.449 e. The Balaban J connectivity index is 2.73. The summed E-state index contributed by atoms with van der Waals surface area (Å²) in [7, 11) is 1.80. The lowest BCUT2D eigenvalue weighted by molar-refractivity contribution is 0.152. The van der Waals surface area contributed by atoms with Crippen LogP contribution in [0.3, 0.4) is 0 Å². The second-order valence-electron chi connectivity index (χ2n) is 3.33. The summed E-state index contributed by atoms with van der Waals surface area (Å²) >= 11 is 0. The third-order valence-corrected chi connectivity index (χ3v) is 2.32. The Labute approximate surface area is 99.5 Å². The minimum atomic E-state index is -0.599. The zero-order valence-electron chi connectivity index (χ0n) is 10.0. The summed E-state index contributed by atoms with van der Waals surface area (Å²) in [5.74, 6) is 0. The second-order valence-corrected chi connectivity index (χ2v) is 3.33. The highest BCUT2D eigenvalue weighted by atomic mass is 16.5. The molecule has 0 aliphatic rings. The number of nitrogens with one attached hydrogen (secondary N) is 1. The first-order valence-corrected chi connectivity index (χ1v) is 5.12. The van der Waals surface area contributed by atoms with Crippen LogP contribution in [-0.2, 0) is 11.8 Å². The third kappa shape index (κ3) is 3.08. The van der Waals surface area contributed by atoms with E-state index in [0.717, 1.165) is 11.3 Å². The number of nitrogens with zero attached hydrogens (tertiary/aromatic N) is 3. The van der Waals surface area contributed by atoms with Crippen molar-refractivity contribution in [2.75, 3.05) is 6.61 Å². The Kier molecular flexibility index (Phi) is 4.29. The lowest BCUT2D eigenvalue weighted by atomic mass is 10.3. The molecule has 1 aromatic rings. The Hall–Kier alpha value is -2.29. The average molecular weight is 234 g/mol. The van der Waals surface area contributed by atoms with Crippen molar-refractivity contribution in [3.8, 4) is 6.07 Å². The van der Waals surface area contributed by atoms with E-state index < -0.39 is 6.09 Å². The molecular formula is C11H14N4O2. The van der Waals surface area contributed by atoms with Gasteiger partial charge in [0.2, 0.25) is 0 Å². The van der Waals surface area contributed by atoms with Crippen LogP contribution >= 0.6 is 0 Å². The van der Waals surface area contributed by atoms with Gasteiger partial charge in [0.25, 0.3) is 0 Å². The van der Waals surface area contributed by atoms with Crippen LogP contribution in [-0.4, -0.2) is 23.5 Å². The summed E-state index contributed by atoms with van der Waals surface area (Å²) in [5, 5.41) is 12.6. The minimum absolute atomic E-state index is 0.296. The maximum atomic E-state index is 10.9. The van der Waals surface area contributed by atoms with Gasteiger partial charge in [-0.3, -0.25) is 0 Å². The van der Waals surface area contributed by atoms with Gasteiger partial charge in [0.1, 0.15) is 11.8 Å². The Morgan fingerprint density at radius 3 is 3.00 bits per heavy atom. The Morgan fingerprint density at radius 1 is 1.76 bits per heavy atom. The molecule has 0 aliphatic heterocycles. The van der Waals surface area contributed by atoms with Gasteiger partial charge in [0.15, 0.2) is 0 Å². The van der Waals surface area contributed by atoms with Crippen molar-refractivity contribution in [2.45, 2.75) is 13.8 Å². The average Bonchev–Trinajstić information content (AvgIpc) is 2.57. The van der Waals surface area contributed by atoms with Gasteiger partial charge in [0.05, 0.1) is 12.8 Å². The van der Waals surface area contributed by atoms with Crippen LogP contribution < -0.4 is 5.43 Å². The molecule has 0 radical (unpaired) electrons. The van der Waals surface area contributed by atoms with Crippen molar-refractivity contribution in [3.63, 3.8) is 0 Å². The van der Waals surface area contributed by atoms with Crippen molar-refractivity contribution in [1.82, 2.24) is 9.99 Å². The fourth-order valence-corrected chi connectivity index (χ4v) is 1.28. The van der Waals surface area contributed by atoms with Crippen molar-refractivity contribution >= 4 is 12.3 Å². The van der Waals surface area contributed by atoms with Gasteiger partial charge in [-0.05, 0) is 19.9 Å². The molecule has 1 heterocycles. The summed E-state index contributed by atoms with van der Waals surface area (Å²) in [6.07, 6.45) is 0.880. The number of nitriles is 1.